The van der Waals surface area contributed by atoms with Crippen LogP contribution in [-0.2, 0) is 27.8 Å². The van der Waals surface area contributed by atoms with Gasteiger partial charge in [-0.05, 0) is 58.1 Å². The fourth-order valence-corrected chi connectivity index (χ4v) is 6.22. The van der Waals surface area contributed by atoms with Crippen LogP contribution in [-0.4, -0.2) is 59.6 Å². The van der Waals surface area contributed by atoms with E-state index < -0.39 is 22.1 Å². The lowest BCUT2D eigenvalue weighted by atomic mass is 10.00. The van der Waals surface area contributed by atoms with Gasteiger partial charge in [0.1, 0.15) is 5.82 Å². The normalized spacial score (nSPS) is 13.8. The third-order valence-electron chi connectivity index (χ3n) is 6.56. The van der Waals surface area contributed by atoms with Crippen LogP contribution in [0.5, 0.6) is 0 Å². The Balaban J connectivity index is 1.23. The second kappa shape index (κ2) is 11.6. The summed E-state index contributed by atoms with van der Waals surface area (Å²) in [6.07, 6.45) is -2.74. The van der Waals surface area contributed by atoms with E-state index in [1.165, 1.54) is 12.1 Å². The molecule has 2 N–H and O–H groups in total. The minimum Gasteiger partial charge on any atom is -0.370 e. The Bertz CT molecular complexity index is 1730. The van der Waals surface area contributed by atoms with Crippen LogP contribution in [0, 0.1) is 0 Å². The van der Waals surface area contributed by atoms with E-state index in [0.29, 0.717) is 55.6 Å². The molecule has 0 saturated carbocycles. The zero-order chi connectivity index (χ0) is 29.4. The molecule has 41 heavy (non-hydrogen) atoms. The van der Waals surface area contributed by atoms with E-state index in [1.807, 2.05) is 18.2 Å². The molecule has 2 aromatic carbocycles. The summed E-state index contributed by atoms with van der Waals surface area (Å²) in [5.41, 5.74) is 3.05. The average Bonchev–Trinajstić information content (AvgIpc) is 3.32. The van der Waals surface area contributed by atoms with E-state index in [4.69, 9.17) is 11.6 Å². The number of benzene rings is 2. The maximum absolute atomic E-state index is 12.9. The van der Waals surface area contributed by atoms with Crippen molar-refractivity contribution in [3.05, 3.63) is 75.4 Å². The molecular formula is C26H23BrClF3N6O3S. The van der Waals surface area contributed by atoms with Gasteiger partial charge in [0.2, 0.25) is 10.0 Å². The molecule has 0 spiro atoms. The number of alkyl halides is 3. The topological polar surface area (TPSA) is 109 Å². The molecule has 1 amide bonds. The molecule has 1 aliphatic heterocycles. The van der Waals surface area contributed by atoms with E-state index in [1.54, 1.807) is 28.9 Å². The number of halogens is 5. The summed E-state index contributed by atoms with van der Waals surface area (Å²) in [6.45, 7) is 0.0994. The summed E-state index contributed by atoms with van der Waals surface area (Å²) in [7, 11) is -3.94. The van der Waals surface area contributed by atoms with Gasteiger partial charge in [-0.3, -0.25) is 4.79 Å². The smallest absolute Gasteiger partial charge is 0.370 e. The van der Waals surface area contributed by atoms with Crippen LogP contribution >= 0.6 is 27.5 Å². The van der Waals surface area contributed by atoms with Crippen LogP contribution in [0.1, 0.15) is 17.5 Å². The third-order valence-corrected chi connectivity index (χ3v) is 8.91. The van der Waals surface area contributed by atoms with Gasteiger partial charge in [0.05, 0.1) is 21.3 Å². The van der Waals surface area contributed by atoms with Crippen LogP contribution in [0.25, 0.3) is 16.9 Å². The number of hydrogen-bond donors (Lipinski definition) is 2. The summed E-state index contributed by atoms with van der Waals surface area (Å²) in [5, 5.41) is 8.13. The van der Waals surface area contributed by atoms with Crippen LogP contribution < -0.4 is 10.0 Å². The highest BCUT2D eigenvalue weighted by Crippen LogP contribution is 2.30. The Labute approximate surface area is 246 Å². The fraction of sp³-hybridized carbons (Fsp3) is 0.269. The molecule has 0 aliphatic carbocycles. The average molecular weight is 672 g/mol. The predicted octanol–water partition coefficient (Wildman–Crippen LogP) is 5.04. The molecule has 1 aliphatic rings. The molecule has 2 aromatic heterocycles. The van der Waals surface area contributed by atoms with Crippen LogP contribution in [0.2, 0.25) is 5.02 Å². The quantitative estimate of drug-likeness (QED) is 0.254. The lowest BCUT2D eigenvalue weighted by Gasteiger charge is -2.29. The van der Waals surface area contributed by atoms with Gasteiger partial charge >= 0.3 is 12.1 Å². The molecule has 0 bridgehead atoms. The van der Waals surface area contributed by atoms with Crippen molar-refractivity contribution in [2.24, 2.45) is 0 Å². The monoisotopic (exact) mass is 670 g/mol. The van der Waals surface area contributed by atoms with Crippen LogP contribution in [0.4, 0.5) is 19.0 Å². The number of hydrogen-bond acceptors (Lipinski definition) is 6. The van der Waals surface area contributed by atoms with Crippen molar-refractivity contribution in [2.45, 2.75) is 30.5 Å². The van der Waals surface area contributed by atoms with Crippen molar-refractivity contribution in [3.8, 4) is 11.3 Å². The number of fused-ring (bicyclic) bond motifs is 2. The largest absolute Gasteiger partial charge is 0.471 e. The Morgan fingerprint density at radius 3 is 2.63 bits per heavy atom. The van der Waals surface area contributed by atoms with Gasteiger partial charge in [0, 0.05) is 42.8 Å². The highest BCUT2D eigenvalue weighted by molar-refractivity contribution is 9.10. The van der Waals surface area contributed by atoms with E-state index in [0.717, 1.165) is 5.56 Å². The van der Waals surface area contributed by atoms with Crippen molar-refractivity contribution in [2.75, 3.05) is 25.0 Å². The number of carbonyl (C=O) groups is 1. The summed E-state index contributed by atoms with van der Waals surface area (Å²) in [4.78, 5) is 16.9. The van der Waals surface area contributed by atoms with Gasteiger partial charge in [0.25, 0.3) is 0 Å². The third kappa shape index (κ3) is 6.35. The lowest BCUT2D eigenvalue weighted by molar-refractivity contribution is -0.186. The molecule has 0 radical (unpaired) electrons. The van der Waals surface area contributed by atoms with Gasteiger partial charge in [-0.2, -0.15) is 22.8 Å². The summed E-state index contributed by atoms with van der Waals surface area (Å²) in [5.74, 6) is -1.30. The lowest BCUT2D eigenvalue weighted by Crippen LogP contribution is -2.43. The number of anilines is 1. The van der Waals surface area contributed by atoms with Crippen molar-refractivity contribution in [1.82, 2.24) is 24.2 Å². The van der Waals surface area contributed by atoms with Gasteiger partial charge in [0.15, 0.2) is 5.65 Å². The minimum absolute atomic E-state index is 0.0767. The standard InChI is InChI=1S/C26H23BrClF3N6O3S/c27-20-14-33-37-23(13-22(35-24(20)37)19-4-1-2-5-21(19)28)32-9-3-10-34-41(39,40)18-7-6-16-8-11-36(15-17(16)12-18)25(38)26(29,30)31/h1-2,4-7,12-14,32,34H,3,8-11,15H2. The zero-order valence-electron chi connectivity index (χ0n) is 21.3. The molecule has 0 unspecified atom stereocenters. The SMILES string of the molecule is O=C(N1CCc2ccc(S(=O)(=O)NCCCNc3cc(-c4ccccc4Cl)nc4c(Br)cnn34)cc2C1)C(F)(F)F. The molecular weight excluding hydrogens is 649 g/mol. The van der Waals surface area contributed by atoms with E-state index in [2.05, 4.69) is 36.1 Å². The van der Waals surface area contributed by atoms with Gasteiger partial charge in [-0.1, -0.05) is 35.9 Å². The zero-order valence-corrected chi connectivity index (χ0v) is 24.4. The van der Waals surface area contributed by atoms with Crippen molar-refractivity contribution < 1.29 is 26.4 Å². The molecule has 3 heterocycles. The first kappa shape index (κ1) is 29.3. The molecule has 4 aromatic rings. The molecule has 0 saturated heterocycles. The first-order valence-electron chi connectivity index (χ1n) is 12.4. The number of sulfonamides is 1. The molecule has 15 heteroatoms. The van der Waals surface area contributed by atoms with Crippen molar-refractivity contribution in [3.63, 3.8) is 0 Å². The molecule has 5 rings (SSSR count). The fourth-order valence-electron chi connectivity index (χ4n) is 4.52. The number of carbonyl (C=O) groups excluding carboxylic acids is 1. The molecule has 0 fully saturated rings. The number of rotatable bonds is 8. The molecule has 216 valence electrons. The maximum Gasteiger partial charge on any atom is 0.471 e. The van der Waals surface area contributed by atoms with Gasteiger partial charge in [-0.25, -0.2) is 18.1 Å². The second-order valence-corrected chi connectivity index (χ2v) is 12.3. The highest BCUT2D eigenvalue weighted by atomic mass is 79.9. The highest BCUT2D eigenvalue weighted by Gasteiger charge is 2.43. The maximum atomic E-state index is 12.9. The minimum atomic E-state index is -4.98. The van der Waals surface area contributed by atoms with Crippen LogP contribution in [0.15, 0.2) is 64.1 Å². The first-order valence-corrected chi connectivity index (χ1v) is 15.1. The van der Waals surface area contributed by atoms with E-state index in [9.17, 15) is 26.4 Å². The Hall–Kier alpha value is -3.20. The molecule has 9 nitrogen and oxygen atoms in total. The Morgan fingerprint density at radius 1 is 1.10 bits per heavy atom. The van der Waals surface area contributed by atoms with E-state index >= 15 is 0 Å². The number of nitrogens with one attached hydrogen (secondary N) is 2. The van der Waals surface area contributed by atoms with E-state index in [-0.39, 0.29) is 31.0 Å². The van der Waals surface area contributed by atoms with Crippen LogP contribution in [0.3, 0.4) is 0 Å². The molecule has 0 atom stereocenters. The second-order valence-electron chi connectivity index (χ2n) is 9.32. The Kier molecular flexibility index (Phi) is 8.28. The van der Waals surface area contributed by atoms with Crippen molar-refractivity contribution in [1.29, 1.82) is 0 Å². The van der Waals surface area contributed by atoms with Crippen molar-refractivity contribution >= 4 is 54.9 Å². The Morgan fingerprint density at radius 2 is 1.88 bits per heavy atom. The number of nitrogens with zero attached hydrogens (tertiary/aromatic N) is 4. The number of amides is 1. The predicted molar refractivity (Wildman–Crippen MR) is 151 cm³/mol. The van der Waals surface area contributed by atoms with Gasteiger partial charge in [-0.15, -0.1) is 0 Å². The number of aromatic nitrogens is 3. The first-order chi connectivity index (χ1) is 19.4. The summed E-state index contributed by atoms with van der Waals surface area (Å²) < 4.78 is 69.2. The van der Waals surface area contributed by atoms with Gasteiger partial charge < -0.3 is 10.2 Å². The summed E-state index contributed by atoms with van der Waals surface area (Å²) in [6, 6.07) is 13.4. The summed E-state index contributed by atoms with van der Waals surface area (Å²) >= 11 is 9.82.